The maximum atomic E-state index is 12.4. The third-order valence-corrected chi connectivity index (χ3v) is 3.95. The summed E-state index contributed by atoms with van der Waals surface area (Å²) in [6.07, 6.45) is -0.731. The predicted molar refractivity (Wildman–Crippen MR) is 87.7 cm³/mol. The van der Waals surface area contributed by atoms with E-state index in [1.165, 1.54) is 7.11 Å². The van der Waals surface area contributed by atoms with Gasteiger partial charge in [-0.1, -0.05) is 23.7 Å². The van der Waals surface area contributed by atoms with Gasteiger partial charge in [-0.3, -0.25) is 4.79 Å². The number of rotatable bonds is 3. The smallest absolute Gasteiger partial charge is 0.269 e. The minimum atomic E-state index is -0.731. The molecular weight excluding hydrogens is 318 g/mol. The molecule has 1 aliphatic heterocycles. The molecule has 2 aromatic carbocycles. The lowest BCUT2D eigenvalue weighted by Crippen LogP contribution is -2.40. The van der Waals surface area contributed by atoms with Crippen LogP contribution in [-0.2, 0) is 4.79 Å². The van der Waals surface area contributed by atoms with Crippen molar-refractivity contribution in [3.8, 4) is 17.2 Å². The van der Waals surface area contributed by atoms with Crippen LogP contribution < -0.4 is 19.5 Å². The molecule has 0 spiro atoms. The number of aryl methyl sites for hydroxylation is 1. The number of methoxy groups -OCH3 is 1. The number of benzene rings is 2. The molecule has 1 heterocycles. The molecule has 1 unspecified atom stereocenters. The van der Waals surface area contributed by atoms with E-state index in [9.17, 15) is 4.79 Å². The zero-order valence-corrected chi connectivity index (χ0v) is 13.5. The molecule has 0 fully saturated rings. The van der Waals surface area contributed by atoms with Gasteiger partial charge in [-0.05, 0) is 30.7 Å². The first-order chi connectivity index (χ1) is 11.1. The maximum Gasteiger partial charge on any atom is 0.269 e. The highest BCUT2D eigenvalue weighted by Gasteiger charge is 2.28. The van der Waals surface area contributed by atoms with Crippen LogP contribution in [0.5, 0.6) is 17.2 Å². The largest absolute Gasteiger partial charge is 0.495 e. The van der Waals surface area contributed by atoms with Crippen molar-refractivity contribution in [1.82, 2.24) is 0 Å². The zero-order valence-electron chi connectivity index (χ0n) is 12.8. The Labute approximate surface area is 139 Å². The van der Waals surface area contributed by atoms with Gasteiger partial charge in [0.05, 0.1) is 12.8 Å². The van der Waals surface area contributed by atoms with Gasteiger partial charge in [-0.25, -0.2) is 0 Å². The standard InChI is InChI=1S/C17H16ClNO4/c1-10-7-12(15(21-2)8-11(10)18)19-17(20)16-9-22-13-5-3-4-6-14(13)23-16/h3-8,16H,9H2,1-2H3,(H,19,20). The monoisotopic (exact) mass is 333 g/mol. The average molecular weight is 334 g/mol. The fourth-order valence-corrected chi connectivity index (χ4v) is 2.45. The number of ether oxygens (including phenoxy) is 3. The van der Waals surface area contributed by atoms with Gasteiger partial charge in [-0.15, -0.1) is 0 Å². The van der Waals surface area contributed by atoms with Gasteiger partial charge in [0.2, 0.25) is 6.10 Å². The number of anilines is 1. The molecule has 1 aliphatic rings. The zero-order chi connectivity index (χ0) is 16.4. The minimum absolute atomic E-state index is 0.151. The molecule has 5 nitrogen and oxygen atoms in total. The van der Waals surface area contributed by atoms with Gasteiger partial charge in [0.15, 0.2) is 11.5 Å². The second-order valence-corrected chi connectivity index (χ2v) is 5.56. The van der Waals surface area contributed by atoms with Gasteiger partial charge in [0, 0.05) is 11.1 Å². The summed E-state index contributed by atoms with van der Waals surface area (Å²) in [7, 11) is 1.52. The van der Waals surface area contributed by atoms with E-state index in [0.29, 0.717) is 28.0 Å². The second-order valence-electron chi connectivity index (χ2n) is 5.16. The SMILES string of the molecule is COc1cc(Cl)c(C)cc1NC(=O)C1COc2ccccc2O1. The van der Waals surface area contributed by atoms with Crippen LogP contribution in [-0.4, -0.2) is 25.7 Å². The highest BCUT2D eigenvalue weighted by atomic mass is 35.5. The number of hydrogen-bond acceptors (Lipinski definition) is 4. The molecule has 1 amide bonds. The third kappa shape index (κ3) is 3.19. The summed E-state index contributed by atoms with van der Waals surface area (Å²) in [4.78, 5) is 12.4. The number of carbonyl (C=O) groups is 1. The van der Waals surface area contributed by atoms with Gasteiger partial charge >= 0.3 is 0 Å². The Morgan fingerprint density at radius 1 is 1.30 bits per heavy atom. The van der Waals surface area contributed by atoms with Crippen molar-refractivity contribution in [2.45, 2.75) is 13.0 Å². The van der Waals surface area contributed by atoms with Crippen LogP contribution >= 0.6 is 11.6 Å². The van der Waals surface area contributed by atoms with E-state index in [1.54, 1.807) is 24.3 Å². The van der Waals surface area contributed by atoms with E-state index in [1.807, 2.05) is 19.1 Å². The Balaban J connectivity index is 1.77. The molecular formula is C17H16ClNO4. The Hall–Kier alpha value is -2.40. The number of nitrogens with one attached hydrogen (secondary N) is 1. The highest BCUT2D eigenvalue weighted by Crippen LogP contribution is 2.33. The lowest BCUT2D eigenvalue weighted by molar-refractivity contribution is -0.125. The molecule has 2 aromatic rings. The van der Waals surface area contributed by atoms with Crippen LogP contribution in [0.3, 0.4) is 0 Å². The van der Waals surface area contributed by atoms with Crippen molar-refractivity contribution < 1.29 is 19.0 Å². The maximum absolute atomic E-state index is 12.4. The topological polar surface area (TPSA) is 56.8 Å². The van der Waals surface area contributed by atoms with E-state index in [4.69, 9.17) is 25.8 Å². The summed E-state index contributed by atoms with van der Waals surface area (Å²) in [5.41, 5.74) is 1.38. The van der Waals surface area contributed by atoms with Crippen molar-refractivity contribution in [2.75, 3.05) is 19.0 Å². The van der Waals surface area contributed by atoms with Crippen molar-refractivity contribution in [3.63, 3.8) is 0 Å². The van der Waals surface area contributed by atoms with Gasteiger partial charge in [0.1, 0.15) is 12.4 Å². The van der Waals surface area contributed by atoms with Gasteiger partial charge in [0.25, 0.3) is 5.91 Å². The molecule has 0 saturated carbocycles. The molecule has 120 valence electrons. The van der Waals surface area contributed by atoms with E-state index in [-0.39, 0.29) is 12.5 Å². The Morgan fingerprint density at radius 2 is 2.04 bits per heavy atom. The van der Waals surface area contributed by atoms with Crippen LogP contribution in [0.2, 0.25) is 5.02 Å². The third-order valence-electron chi connectivity index (χ3n) is 3.54. The van der Waals surface area contributed by atoms with Crippen LogP contribution in [0.25, 0.3) is 0 Å². The van der Waals surface area contributed by atoms with Gasteiger partial charge in [-0.2, -0.15) is 0 Å². The molecule has 0 bridgehead atoms. The van der Waals surface area contributed by atoms with Crippen LogP contribution in [0.1, 0.15) is 5.56 Å². The second kappa shape index (κ2) is 6.38. The Kier molecular flexibility index (Phi) is 4.30. The fourth-order valence-electron chi connectivity index (χ4n) is 2.29. The summed E-state index contributed by atoms with van der Waals surface area (Å²) >= 11 is 6.07. The number of hydrogen-bond donors (Lipinski definition) is 1. The van der Waals surface area contributed by atoms with Crippen molar-refractivity contribution in [1.29, 1.82) is 0 Å². The molecule has 0 radical (unpaired) electrons. The molecule has 1 N–H and O–H groups in total. The first-order valence-corrected chi connectivity index (χ1v) is 7.50. The highest BCUT2D eigenvalue weighted by molar-refractivity contribution is 6.31. The number of para-hydroxylation sites is 2. The van der Waals surface area contributed by atoms with Crippen LogP contribution in [0.15, 0.2) is 36.4 Å². The normalized spacial score (nSPS) is 15.9. The molecule has 3 rings (SSSR count). The Morgan fingerprint density at radius 3 is 2.78 bits per heavy atom. The predicted octanol–water partition coefficient (Wildman–Crippen LogP) is 3.44. The molecule has 6 heteroatoms. The summed E-state index contributed by atoms with van der Waals surface area (Å²) in [6.45, 7) is 2.01. The van der Waals surface area contributed by atoms with E-state index in [2.05, 4.69) is 5.32 Å². The number of amides is 1. The molecule has 0 aliphatic carbocycles. The molecule has 23 heavy (non-hydrogen) atoms. The van der Waals surface area contributed by atoms with E-state index in [0.717, 1.165) is 5.56 Å². The molecule has 0 saturated heterocycles. The first-order valence-electron chi connectivity index (χ1n) is 7.12. The number of fused-ring (bicyclic) bond motifs is 1. The summed E-state index contributed by atoms with van der Waals surface area (Å²) in [5.74, 6) is 1.38. The lowest BCUT2D eigenvalue weighted by atomic mass is 10.2. The summed E-state index contributed by atoms with van der Waals surface area (Å²) in [5, 5.41) is 3.38. The van der Waals surface area contributed by atoms with Gasteiger partial charge < -0.3 is 19.5 Å². The first kappa shape index (κ1) is 15.5. The van der Waals surface area contributed by atoms with Crippen molar-refractivity contribution >= 4 is 23.2 Å². The van der Waals surface area contributed by atoms with Crippen LogP contribution in [0, 0.1) is 6.92 Å². The average Bonchev–Trinajstić information content (AvgIpc) is 2.57. The minimum Gasteiger partial charge on any atom is -0.495 e. The summed E-state index contributed by atoms with van der Waals surface area (Å²) < 4.78 is 16.5. The van der Waals surface area contributed by atoms with Crippen molar-refractivity contribution in [2.24, 2.45) is 0 Å². The van der Waals surface area contributed by atoms with E-state index < -0.39 is 6.10 Å². The quantitative estimate of drug-likeness (QED) is 0.935. The number of carbonyl (C=O) groups excluding carboxylic acids is 1. The van der Waals surface area contributed by atoms with E-state index >= 15 is 0 Å². The molecule has 0 aromatic heterocycles. The Bertz CT molecular complexity index is 747. The van der Waals surface area contributed by atoms with Crippen LogP contribution in [0.4, 0.5) is 5.69 Å². The fraction of sp³-hybridized carbons (Fsp3) is 0.235. The lowest BCUT2D eigenvalue weighted by Gasteiger charge is -2.25. The molecule has 1 atom stereocenters. The summed E-state index contributed by atoms with van der Waals surface area (Å²) in [6, 6.07) is 10.7. The number of halogens is 1. The van der Waals surface area contributed by atoms with Crippen molar-refractivity contribution in [3.05, 3.63) is 47.0 Å².